The Bertz CT molecular complexity index is 609. The number of nitrogen functional groups attached to an aromatic ring is 1. The molecule has 20 heavy (non-hydrogen) atoms. The maximum Gasteiger partial charge on any atom is 0.241 e. The first-order valence-corrected chi connectivity index (χ1v) is 7.76. The molecule has 0 saturated carbocycles. The molecule has 0 fully saturated rings. The van der Waals surface area contributed by atoms with Gasteiger partial charge in [-0.3, -0.25) is 4.79 Å². The van der Waals surface area contributed by atoms with Gasteiger partial charge in [-0.05, 0) is 38.0 Å². The Morgan fingerprint density at radius 1 is 1.35 bits per heavy atom. The molecule has 0 aromatic heterocycles. The highest BCUT2D eigenvalue weighted by Crippen LogP contribution is 2.20. The number of aryl methyl sites for hydroxylation is 1. The second kappa shape index (κ2) is 5.80. The minimum absolute atomic E-state index is 0.0738. The van der Waals surface area contributed by atoms with Crippen molar-refractivity contribution < 1.29 is 13.2 Å². The van der Waals surface area contributed by atoms with Crippen molar-refractivity contribution in [2.24, 2.45) is 5.73 Å². The molecule has 0 radical (unpaired) electrons. The van der Waals surface area contributed by atoms with E-state index in [1.807, 2.05) is 6.92 Å². The van der Waals surface area contributed by atoms with E-state index in [4.69, 9.17) is 11.5 Å². The van der Waals surface area contributed by atoms with Crippen LogP contribution in [0, 0.1) is 0 Å². The van der Waals surface area contributed by atoms with Gasteiger partial charge in [0.25, 0.3) is 0 Å². The van der Waals surface area contributed by atoms with E-state index >= 15 is 0 Å². The number of anilines is 1. The standard InChI is InChI=1S/C13H21N3O3S/c1-4-9-5-6-10(7-11(9)14)20(18,19)16-13(2,3)8-12(15)17/h5-7,16H,4,8,14H2,1-3H3,(H2,15,17). The van der Waals surface area contributed by atoms with E-state index in [0.717, 1.165) is 12.0 Å². The fraction of sp³-hybridized carbons (Fsp3) is 0.462. The Hall–Kier alpha value is -1.60. The largest absolute Gasteiger partial charge is 0.398 e. The zero-order valence-corrected chi connectivity index (χ0v) is 12.8. The molecule has 1 amide bonds. The van der Waals surface area contributed by atoms with Crippen LogP contribution in [-0.2, 0) is 21.2 Å². The number of benzene rings is 1. The SMILES string of the molecule is CCc1ccc(S(=O)(=O)NC(C)(C)CC(N)=O)cc1N. The van der Waals surface area contributed by atoms with Crippen molar-refractivity contribution in [2.45, 2.75) is 44.0 Å². The summed E-state index contributed by atoms with van der Waals surface area (Å²) in [6.07, 6.45) is 0.640. The van der Waals surface area contributed by atoms with Crippen LogP contribution in [-0.4, -0.2) is 19.9 Å². The Kier molecular flexibility index (Phi) is 4.77. The minimum atomic E-state index is -3.75. The number of amides is 1. The molecule has 0 heterocycles. The molecular weight excluding hydrogens is 278 g/mol. The van der Waals surface area contributed by atoms with Crippen LogP contribution < -0.4 is 16.2 Å². The molecule has 0 unspecified atom stereocenters. The monoisotopic (exact) mass is 299 g/mol. The van der Waals surface area contributed by atoms with Crippen LogP contribution in [0.2, 0.25) is 0 Å². The molecule has 7 heteroatoms. The quantitative estimate of drug-likeness (QED) is 0.673. The zero-order chi connectivity index (χ0) is 15.6. The molecule has 0 aliphatic heterocycles. The van der Waals surface area contributed by atoms with Crippen molar-refractivity contribution in [3.63, 3.8) is 0 Å². The normalized spacial score (nSPS) is 12.3. The van der Waals surface area contributed by atoms with Crippen LogP contribution in [0.5, 0.6) is 0 Å². The van der Waals surface area contributed by atoms with Gasteiger partial charge in [-0.25, -0.2) is 13.1 Å². The Labute approximate surface area is 119 Å². The molecule has 0 saturated heterocycles. The molecule has 112 valence electrons. The number of primary amides is 1. The third kappa shape index (κ3) is 4.21. The maximum atomic E-state index is 12.3. The molecule has 0 bridgehead atoms. The summed E-state index contributed by atoms with van der Waals surface area (Å²) in [6, 6.07) is 4.60. The summed E-state index contributed by atoms with van der Waals surface area (Å²) in [5.74, 6) is -0.571. The van der Waals surface area contributed by atoms with Crippen LogP contribution >= 0.6 is 0 Å². The summed E-state index contributed by atoms with van der Waals surface area (Å²) in [4.78, 5) is 11.0. The van der Waals surface area contributed by atoms with Crippen molar-refractivity contribution in [2.75, 3.05) is 5.73 Å². The molecule has 6 nitrogen and oxygen atoms in total. The van der Waals surface area contributed by atoms with Gasteiger partial charge in [-0.15, -0.1) is 0 Å². The van der Waals surface area contributed by atoms with Crippen LogP contribution in [0.25, 0.3) is 0 Å². The lowest BCUT2D eigenvalue weighted by Gasteiger charge is -2.24. The average Bonchev–Trinajstić information content (AvgIpc) is 2.25. The molecule has 5 N–H and O–H groups in total. The molecule has 1 aromatic carbocycles. The van der Waals surface area contributed by atoms with E-state index in [-0.39, 0.29) is 11.3 Å². The Morgan fingerprint density at radius 3 is 2.40 bits per heavy atom. The predicted octanol–water partition coefficient (Wildman–Crippen LogP) is 0.764. The van der Waals surface area contributed by atoms with Crippen molar-refractivity contribution >= 4 is 21.6 Å². The third-order valence-electron chi connectivity index (χ3n) is 2.84. The molecule has 0 atom stereocenters. The van der Waals surface area contributed by atoms with E-state index in [1.165, 1.54) is 12.1 Å². The van der Waals surface area contributed by atoms with E-state index in [1.54, 1.807) is 19.9 Å². The van der Waals surface area contributed by atoms with Crippen molar-refractivity contribution in [1.82, 2.24) is 4.72 Å². The van der Waals surface area contributed by atoms with Gasteiger partial charge in [-0.2, -0.15) is 0 Å². The third-order valence-corrected chi connectivity index (χ3v) is 4.53. The minimum Gasteiger partial charge on any atom is -0.398 e. The number of hydrogen-bond donors (Lipinski definition) is 3. The fourth-order valence-electron chi connectivity index (χ4n) is 1.96. The van der Waals surface area contributed by atoms with E-state index in [2.05, 4.69) is 4.72 Å². The van der Waals surface area contributed by atoms with E-state index in [0.29, 0.717) is 5.69 Å². The Balaban J connectivity index is 3.05. The van der Waals surface area contributed by atoms with Crippen LogP contribution in [0.4, 0.5) is 5.69 Å². The summed E-state index contributed by atoms with van der Waals surface area (Å²) in [5.41, 5.74) is 11.3. The van der Waals surface area contributed by atoms with Crippen LogP contribution in [0.3, 0.4) is 0 Å². The summed E-state index contributed by atoms with van der Waals surface area (Å²) in [5, 5.41) is 0. The van der Waals surface area contributed by atoms with Gasteiger partial charge in [0.2, 0.25) is 15.9 Å². The average molecular weight is 299 g/mol. The summed E-state index contributed by atoms with van der Waals surface area (Å²) >= 11 is 0. The summed E-state index contributed by atoms with van der Waals surface area (Å²) in [7, 11) is -3.75. The van der Waals surface area contributed by atoms with Gasteiger partial charge in [-0.1, -0.05) is 13.0 Å². The van der Waals surface area contributed by atoms with E-state index < -0.39 is 21.5 Å². The highest BCUT2D eigenvalue weighted by Gasteiger charge is 2.28. The molecule has 1 rings (SSSR count). The lowest BCUT2D eigenvalue weighted by Crippen LogP contribution is -2.45. The first-order valence-electron chi connectivity index (χ1n) is 6.28. The number of nitrogens with one attached hydrogen (secondary N) is 1. The van der Waals surface area contributed by atoms with Gasteiger partial charge in [0.05, 0.1) is 4.90 Å². The number of nitrogens with two attached hydrogens (primary N) is 2. The second-order valence-electron chi connectivity index (χ2n) is 5.35. The number of sulfonamides is 1. The van der Waals surface area contributed by atoms with Gasteiger partial charge in [0.1, 0.15) is 0 Å². The molecule has 0 aliphatic carbocycles. The van der Waals surface area contributed by atoms with Gasteiger partial charge in [0, 0.05) is 17.6 Å². The number of carbonyl (C=O) groups excluding carboxylic acids is 1. The first-order chi connectivity index (χ1) is 9.07. The topological polar surface area (TPSA) is 115 Å². The highest BCUT2D eigenvalue weighted by atomic mass is 32.2. The number of carbonyl (C=O) groups is 1. The summed E-state index contributed by atoms with van der Waals surface area (Å²) < 4.78 is 27.0. The van der Waals surface area contributed by atoms with Crippen molar-refractivity contribution in [3.8, 4) is 0 Å². The van der Waals surface area contributed by atoms with Gasteiger partial charge >= 0.3 is 0 Å². The summed E-state index contributed by atoms with van der Waals surface area (Å²) in [6.45, 7) is 5.13. The smallest absolute Gasteiger partial charge is 0.241 e. The predicted molar refractivity (Wildman–Crippen MR) is 78.4 cm³/mol. The van der Waals surface area contributed by atoms with Crippen molar-refractivity contribution in [1.29, 1.82) is 0 Å². The number of hydrogen-bond acceptors (Lipinski definition) is 4. The first kappa shape index (κ1) is 16.5. The molecule has 1 aromatic rings. The number of rotatable bonds is 6. The molecule has 0 spiro atoms. The lowest BCUT2D eigenvalue weighted by atomic mass is 10.0. The van der Waals surface area contributed by atoms with Gasteiger partial charge < -0.3 is 11.5 Å². The Morgan fingerprint density at radius 2 is 1.95 bits per heavy atom. The lowest BCUT2D eigenvalue weighted by molar-refractivity contribution is -0.119. The second-order valence-corrected chi connectivity index (χ2v) is 7.03. The molecular formula is C13H21N3O3S. The van der Waals surface area contributed by atoms with Crippen molar-refractivity contribution in [3.05, 3.63) is 23.8 Å². The zero-order valence-electron chi connectivity index (χ0n) is 11.9. The van der Waals surface area contributed by atoms with Crippen LogP contribution in [0.1, 0.15) is 32.8 Å². The molecule has 0 aliphatic rings. The van der Waals surface area contributed by atoms with Crippen LogP contribution in [0.15, 0.2) is 23.1 Å². The highest BCUT2D eigenvalue weighted by molar-refractivity contribution is 7.89. The fourth-order valence-corrected chi connectivity index (χ4v) is 3.40. The van der Waals surface area contributed by atoms with Gasteiger partial charge in [0.15, 0.2) is 0 Å². The maximum absolute atomic E-state index is 12.3. The van der Waals surface area contributed by atoms with E-state index in [9.17, 15) is 13.2 Å².